The monoisotopic (exact) mass is 492 g/mol. The van der Waals surface area contributed by atoms with Crippen LogP contribution in [-0.4, -0.2) is 48.1 Å². The van der Waals surface area contributed by atoms with Gasteiger partial charge in [0.25, 0.3) is 5.79 Å². The summed E-state index contributed by atoms with van der Waals surface area (Å²) in [6.07, 6.45) is 4.63. The third-order valence-electron chi connectivity index (χ3n) is 8.34. The van der Waals surface area contributed by atoms with Crippen LogP contribution in [0.1, 0.15) is 57.9 Å². The highest BCUT2D eigenvalue weighted by Gasteiger charge is 2.77. The maximum atomic E-state index is 15.7. The predicted octanol–water partition coefficient (Wildman–Crippen LogP) is 3.94. The number of carbonyl (C=O) groups excluding carboxylic acids is 2. The zero-order chi connectivity index (χ0) is 24.8. The summed E-state index contributed by atoms with van der Waals surface area (Å²) >= 11 is 0. The standard InChI is InChI=1S/C26H33FO8/c1-3-31-22(29)24(27,23(30)32-4-2)8-9-33-26(18-6-5-7-21(28)15-18)25(34-35-26)19-11-16-10-17(13-19)14-20(25)12-16/h5-7,15-17,19-20,28H,3-4,8-14H2,1-2H3. The van der Waals surface area contributed by atoms with Crippen LogP contribution in [0.3, 0.4) is 0 Å². The zero-order valence-electron chi connectivity index (χ0n) is 20.2. The van der Waals surface area contributed by atoms with E-state index in [1.54, 1.807) is 24.3 Å². The van der Waals surface area contributed by atoms with Crippen LogP contribution in [0.2, 0.25) is 0 Å². The first kappa shape index (κ1) is 24.5. The zero-order valence-corrected chi connectivity index (χ0v) is 20.2. The van der Waals surface area contributed by atoms with E-state index >= 15 is 4.39 Å². The first-order chi connectivity index (χ1) is 16.8. The van der Waals surface area contributed by atoms with Crippen LogP contribution in [-0.2, 0) is 39.4 Å². The molecule has 1 N–H and O–H groups in total. The van der Waals surface area contributed by atoms with Gasteiger partial charge in [-0.1, -0.05) is 12.1 Å². The van der Waals surface area contributed by atoms with Gasteiger partial charge in [-0.25, -0.2) is 18.9 Å². The Kier molecular flexibility index (Phi) is 6.30. The Morgan fingerprint density at radius 3 is 2.11 bits per heavy atom. The van der Waals surface area contributed by atoms with Crippen molar-refractivity contribution in [3.8, 4) is 5.75 Å². The Morgan fingerprint density at radius 1 is 1.03 bits per heavy atom. The van der Waals surface area contributed by atoms with Crippen LogP contribution in [0.25, 0.3) is 0 Å². The third-order valence-corrected chi connectivity index (χ3v) is 8.34. The maximum Gasteiger partial charge on any atom is 0.355 e. The molecule has 1 aromatic carbocycles. The van der Waals surface area contributed by atoms with Gasteiger partial charge in [0.2, 0.25) is 0 Å². The number of aromatic hydroxyl groups is 1. The highest BCUT2D eigenvalue weighted by Crippen LogP contribution is 2.69. The summed E-state index contributed by atoms with van der Waals surface area (Å²) in [5, 5.41) is 10.2. The lowest BCUT2D eigenvalue weighted by Crippen LogP contribution is -2.76. The molecule has 1 unspecified atom stereocenters. The molecule has 1 atom stereocenters. The number of halogens is 1. The molecule has 9 heteroatoms. The molecule has 8 nitrogen and oxygen atoms in total. The molecule has 192 valence electrons. The summed E-state index contributed by atoms with van der Waals surface area (Å²) in [6, 6.07) is 6.59. The first-order valence-corrected chi connectivity index (χ1v) is 12.6. The quantitative estimate of drug-likeness (QED) is 0.314. The fraction of sp³-hybridized carbons (Fsp3) is 0.692. The Hall–Kier alpha value is -2.23. The molecule has 6 rings (SSSR count). The van der Waals surface area contributed by atoms with Crippen LogP contribution in [0, 0.1) is 23.7 Å². The summed E-state index contributed by atoms with van der Waals surface area (Å²) in [6.45, 7) is 2.58. The van der Waals surface area contributed by atoms with Gasteiger partial charge >= 0.3 is 17.6 Å². The number of ether oxygens (including phenoxy) is 3. The van der Waals surface area contributed by atoms with Crippen molar-refractivity contribution in [2.24, 2.45) is 23.7 Å². The van der Waals surface area contributed by atoms with Gasteiger partial charge in [-0.15, -0.1) is 0 Å². The van der Waals surface area contributed by atoms with Crippen molar-refractivity contribution in [3.63, 3.8) is 0 Å². The predicted molar refractivity (Wildman–Crippen MR) is 119 cm³/mol. The van der Waals surface area contributed by atoms with Crippen molar-refractivity contribution >= 4 is 11.9 Å². The minimum atomic E-state index is -3.01. The van der Waals surface area contributed by atoms with E-state index in [0.29, 0.717) is 17.4 Å². The molecule has 1 spiro atoms. The van der Waals surface area contributed by atoms with Crippen LogP contribution < -0.4 is 0 Å². The molecule has 5 fully saturated rings. The van der Waals surface area contributed by atoms with Crippen molar-refractivity contribution in [2.75, 3.05) is 19.8 Å². The number of rotatable bonds is 9. The maximum absolute atomic E-state index is 15.7. The normalized spacial score (nSPS) is 35.1. The van der Waals surface area contributed by atoms with E-state index in [-0.39, 0.29) is 37.4 Å². The first-order valence-electron chi connectivity index (χ1n) is 12.6. The average molecular weight is 493 g/mol. The van der Waals surface area contributed by atoms with Crippen molar-refractivity contribution in [1.29, 1.82) is 0 Å². The number of benzene rings is 1. The molecule has 4 bridgehead atoms. The van der Waals surface area contributed by atoms with Crippen LogP contribution in [0.15, 0.2) is 24.3 Å². The lowest BCUT2D eigenvalue weighted by molar-refractivity contribution is -0.648. The second-order valence-corrected chi connectivity index (χ2v) is 10.3. The van der Waals surface area contributed by atoms with Gasteiger partial charge in [0.15, 0.2) is 5.60 Å². The minimum Gasteiger partial charge on any atom is -0.508 e. The molecule has 0 aromatic heterocycles. The number of phenols is 1. The molecule has 1 aromatic rings. The third kappa shape index (κ3) is 3.65. The van der Waals surface area contributed by atoms with E-state index in [1.807, 2.05) is 0 Å². The molecular weight excluding hydrogens is 459 g/mol. The van der Waals surface area contributed by atoms with Gasteiger partial charge in [-0.2, -0.15) is 4.89 Å². The Balaban J connectivity index is 1.45. The van der Waals surface area contributed by atoms with Gasteiger partial charge in [0, 0.05) is 12.0 Å². The largest absolute Gasteiger partial charge is 0.508 e. The Labute approximate surface area is 203 Å². The van der Waals surface area contributed by atoms with E-state index in [0.717, 1.165) is 25.7 Å². The molecule has 1 aliphatic heterocycles. The van der Waals surface area contributed by atoms with Gasteiger partial charge in [0.1, 0.15) is 5.75 Å². The molecule has 0 amide bonds. The van der Waals surface area contributed by atoms with E-state index in [4.69, 9.17) is 24.0 Å². The van der Waals surface area contributed by atoms with Crippen LogP contribution in [0.4, 0.5) is 4.39 Å². The summed E-state index contributed by atoms with van der Waals surface area (Å²) in [5.41, 5.74) is -3.22. The van der Waals surface area contributed by atoms with Crippen molar-refractivity contribution in [2.45, 2.75) is 69.4 Å². The fourth-order valence-electron chi connectivity index (χ4n) is 7.09. The van der Waals surface area contributed by atoms with Gasteiger partial charge in [0.05, 0.1) is 19.8 Å². The Bertz CT molecular complexity index is 934. The SMILES string of the molecule is CCOC(=O)C(F)(CCOC1(c2cccc(O)c2)OOC12C1CC3CC(C1)CC2C3)C(=O)OCC. The van der Waals surface area contributed by atoms with Gasteiger partial charge < -0.3 is 19.3 Å². The molecule has 4 aliphatic carbocycles. The van der Waals surface area contributed by atoms with Crippen molar-refractivity contribution < 1.29 is 43.1 Å². The summed E-state index contributed by atoms with van der Waals surface area (Å²) in [5.74, 6) is -2.26. The van der Waals surface area contributed by atoms with Crippen LogP contribution in [0.5, 0.6) is 5.75 Å². The van der Waals surface area contributed by atoms with Gasteiger partial charge in [-0.3, -0.25) is 0 Å². The molecule has 5 aliphatic rings. The molecule has 0 radical (unpaired) electrons. The highest BCUT2D eigenvalue weighted by atomic mass is 19.1. The average Bonchev–Trinajstić information content (AvgIpc) is 2.80. The van der Waals surface area contributed by atoms with E-state index < -0.39 is 35.4 Å². The molecule has 4 saturated carbocycles. The number of phenolic OH excluding ortho intramolecular Hbond substituents is 1. The van der Waals surface area contributed by atoms with Gasteiger partial charge in [-0.05, 0) is 81.8 Å². The smallest absolute Gasteiger partial charge is 0.355 e. The molecule has 35 heavy (non-hydrogen) atoms. The van der Waals surface area contributed by atoms with Crippen LogP contribution >= 0.6 is 0 Å². The molecule has 1 saturated heterocycles. The fourth-order valence-corrected chi connectivity index (χ4v) is 7.09. The number of hydrogen-bond acceptors (Lipinski definition) is 8. The second-order valence-electron chi connectivity index (χ2n) is 10.3. The summed E-state index contributed by atoms with van der Waals surface area (Å²) in [4.78, 5) is 36.5. The highest BCUT2D eigenvalue weighted by molar-refractivity contribution is 6.03. The van der Waals surface area contributed by atoms with Crippen molar-refractivity contribution in [1.82, 2.24) is 0 Å². The van der Waals surface area contributed by atoms with E-state index in [9.17, 15) is 14.7 Å². The number of esters is 2. The molecule has 1 heterocycles. The van der Waals surface area contributed by atoms with E-state index in [1.165, 1.54) is 20.3 Å². The lowest BCUT2D eigenvalue weighted by atomic mass is 9.47. The summed E-state index contributed by atoms with van der Waals surface area (Å²) in [7, 11) is 0. The summed E-state index contributed by atoms with van der Waals surface area (Å²) < 4.78 is 31.7. The number of carbonyl (C=O) groups is 2. The minimum absolute atomic E-state index is 0.0397. The molecular formula is C26H33FO8. The lowest BCUT2D eigenvalue weighted by Gasteiger charge is -2.69. The number of alkyl halides is 1. The van der Waals surface area contributed by atoms with Crippen molar-refractivity contribution in [3.05, 3.63) is 29.8 Å². The second kappa shape index (κ2) is 9.01. The topological polar surface area (TPSA) is 101 Å². The Morgan fingerprint density at radius 2 is 1.63 bits per heavy atom. The number of hydrogen-bond donors (Lipinski definition) is 1. The van der Waals surface area contributed by atoms with E-state index in [2.05, 4.69) is 0 Å².